The largest absolute Gasteiger partial charge is 0.387 e. The summed E-state index contributed by atoms with van der Waals surface area (Å²) in [6.45, 7) is 2.55. The Labute approximate surface area is 150 Å². The number of piperidine rings is 1. The third-order valence-corrected chi connectivity index (χ3v) is 5.60. The molecule has 0 aliphatic carbocycles. The highest BCUT2D eigenvalue weighted by Gasteiger charge is 2.43. The lowest BCUT2D eigenvalue weighted by Crippen LogP contribution is -2.65. The van der Waals surface area contributed by atoms with Crippen LogP contribution in [0.5, 0.6) is 0 Å². The van der Waals surface area contributed by atoms with Crippen LogP contribution in [0.1, 0.15) is 23.3 Å². The first-order chi connectivity index (χ1) is 12.1. The van der Waals surface area contributed by atoms with Gasteiger partial charge in [-0.2, -0.15) is 0 Å². The van der Waals surface area contributed by atoms with Crippen LogP contribution >= 0.6 is 11.6 Å². The summed E-state index contributed by atoms with van der Waals surface area (Å²) < 4.78 is 5.32. The lowest BCUT2D eigenvalue weighted by Gasteiger charge is -2.47. The number of hydrogen-bond donors (Lipinski definition) is 2. The molecule has 0 unspecified atom stereocenters. The van der Waals surface area contributed by atoms with Crippen LogP contribution in [-0.2, 0) is 0 Å². The van der Waals surface area contributed by atoms with Crippen molar-refractivity contribution >= 4 is 17.5 Å². The summed E-state index contributed by atoms with van der Waals surface area (Å²) in [5, 5.41) is 18.0. The van der Waals surface area contributed by atoms with E-state index in [0.29, 0.717) is 42.5 Å². The van der Waals surface area contributed by atoms with E-state index in [9.17, 15) is 9.90 Å². The molecule has 1 aromatic carbocycles. The van der Waals surface area contributed by atoms with Crippen molar-refractivity contribution in [1.29, 1.82) is 0 Å². The Kier molecular flexibility index (Phi) is 4.27. The number of β-amino-alcohol motifs (C(OH)–C–C–N with tert-alkyl or cyclic N) is 1. The normalized spacial score (nSPS) is 20.3. The zero-order valence-corrected chi connectivity index (χ0v) is 14.5. The molecule has 2 aromatic rings. The highest BCUT2D eigenvalue weighted by Crippen LogP contribution is 2.32. The van der Waals surface area contributed by atoms with Crippen LogP contribution in [0, 0.1) is 5.92 Å². The quantitative estimate of drug-likeness (QED) is 0.876. The highest BCUT2D eigenvalue weighted by molar-refractivity contribution is 6.33. The fraction of sp³-hybridized carbons (Fsp3) is 0.444. The lowest BCUT2D eigenvalue weighted by molar-refractivity contribution is -0.0777. The van der Waals surface area contributed by atoms with Crippen LogP contribution in [0.25, 0.3) is 11.3 Å². The number of rotatable bonds is 3. The zero-order valence-electron chi connectivity index (χ0n) is 13.7. The number of likely N-dealkylation sites (tertiary alicyclic amines) is 1. The maximum Gasteiger partial charge on any atom is 0.276 e. The summed E-state index contributed by atoms with van der Waals surface area (Å²) in [5.74, 6) is 0.590. The average molecular weight is 362 g/mol. The first-order valence-electron chi connectivity index (χ1n) is 8.51. The van der Waals surface area contributed by atoms with Gasteiger partial charge in [-0.1, -0.05) is 28.9 Å². The van der Waals surface area contributed by atoms with Crippen molar-refractivity contribution < 1.29 is 14.4 Å². The first kappa shape index (κ1) is 16.6. The Hall–Kier alpha value is -1.89. The number of benzene rings is 1. The second-order valence-corrected chi connectivity index (χ2v) is 7.24. The van der Waals surface area contributed by atoms with Gasteiger partial charge in [0.1, 0.15) is 0 Å². The number of nitrogens with one attached hydrogen (secondary N) is 1. The molecule has 3 heterocycles. The smallest absolute Gasteiger partial charge is 0.276 e. The van der Waals surface area contributed by atoms with Gasteiger partial charge in [-0.05, 0) is 30.9 Å². The van der Waals surface area contributed by atoms with Crippen molar-refractivity contribution in [3.8, 4) is 11.3 Å². The molecular formula is C18H20ClN3O3. The van der Waals surface area contributed by atoms with Crippen LogP contribution < -0.4 is 5.32 Å². The van der Waals surface area contributed by atoms with E-state index in [1.54, 1.807) is 17.0 Å². The minimum absolute atomic E-state index is 0.140. The Morgan fingerprint density at radius 3 is 2.68 bits per heavy atom. The summed E-state index contributed by atoms with van der Waals surface area (Å²) in [6, 6.07) is 8.93. The number of hydrogen-bond acceptors (Lipinski definition) is 5. The van der Waals surface area contributed by atoms with E-state index in [4.69, 9.17) is 16.1 Å². The van der Waals surface area contributed by atoms with E-state index in [-0.39, 0.29) is 17.5 Å². The molecule has 25 heavy (non-hydrogen) atoms. The van der Waals surface area contributed by atoms with Crippen LogP contribution in [0.3, 0.4) is 0 Å². The fourth-order valence-corrected chi connectivity index (χ4v) is 3.84. The number of aliphatic hydroxyl groups is 1. The van der Waals surface area contributed by atoms with Gasteiger partial charge >= 0.3 is 0 Å². The average Bonchev–Trinajstić information content (AvgIpc) is 3.09. The third kappa shape index (κ3) is 3.05. The van der Waals surface area contributed by atoms with Crippen molar-refractivity contribution in [2.45, 2.75) is 18.4 Å². The van der Waals surface area contributed by atoms with Gasteiger partial charge in [-0.25, -0.2) is 0 Å². The molecule has 0 spiro atoms. The van der Waals surface area contributed by atoms with E-state index >= 15 is 0 Å². The summed E-state index contributed by atoms with van der Waals surface area (Å²) in [4.78, 5) is 14.4. The minimum Gasteiger partial charge on any atom is -0.387 e. The minimum atomic E-state index is -0.597. The van der Waals surface area contributed by atoms with E-state index in [0.717, 1.165) is 12.8 Å². The molecule has 2 N–H and O–H groups in total. The molecule has 0 atom stereocenters. The first-order valence-corrected chi connectivity index (χ1v) is 8.89. The molecule has 1 amide bonds. The van der Waals surface area contributed by atoms with Crippen molar-refractivity contribution in [2.75, 3.05) is 26.2 Å². The molecule has 0 saturated carbocycles. The molecule has 1 aromatic heterocycles. The number of carbonyl (C=O) groups is 1. The second-order valence-electron chi connectivity index (χ2n) is 6.83. The van der Waals surface area contributed by atoms with Gasteiger partial charge < -0.3 is 19.8 Å². The van der Waals surface area contributed by atoms with Gasteiger partial charge in [-0.15, -0.1) is 0 Å². The molecule has 4 rings (SSSR count). The Bertz CT molecular complexity index is 779. The zero-order chi connectivity index (χ0) is 17.4. The molecule has 7 heteroatoms. The maximum atomic E-state index is 12.7. The van der Waals surface area contributed by atoms with E-state index in [1.165, 1.54) is 0 Å². The molecular weight excluding hydrogens is 342 g/mol. The predicted molar refractivity (Wildman–Crippen MR) is 93.4 cm³/mol. The van der Waals surface area contributed by atoms with Crippen LogP contribution in [0.2, 0.25) is 5.02 Å². The van der Waals surface area contributed by atoms with Crippen LogP contribution in [0.4, 0.5) is 0 Å². The maximum absolute atomic E-state index is 12.7. The van der Waals surface area contributed by atoms with Crippen LogP contribution in [-0.4, -0.2) is 52.9 Å². The number of carbonyl (C=O) groups excluding carboxylic acids is 1. The number of nitrogens with zero attached hydrogens (tertiary/aromatic N) is 2. The Morgan fingerprint density at radius 2 is 2.04 bits per heavy atom. The summed E-state index contributed by atoms with van der Waals surface area (Å²) in [5.41, 5.74) is 0.409. The van der Waals surface area contributed by atoms with Gasteiger partial charge in [0.05, 0.1) is 10.6 Å². The molecule has 2 aliphatic heterocycles. The second kappa shape index (κ2) is 6.44. The van der Waals surface area contributed by atoms with Gasteiger partial charge in [0.2, 0.25) is 0 Å². The van der Waals surface area contributed by atoms with Crippen molar-refractivity contribution in [2.24, 2.45) is 5.92 Å². The highest BCUT2D eigenvalue weighted by atomic mass is 35.5. The molecule has 2 fully saturated rings. The molecule has 0 bridgehead atoms. The Balaban J connectivity index is 1.43. The third-order valence-electron chi connectivity index (χ3n) is 5.27. The SMILES string of the molecule is O=C(c1cc(-c2ccccc2Cl)on1)N1CCC(C2(O)CNC2)CC1. The van der Waals surface area contributed by atoms with Gasteiger partial charge in [0.15, 0.2) is 11.5 Å². The Morgan fingerprint density at radius 1 is 1.32 bits per heavy atom. The standard InChI is InChI=1S/C18H20ClN3O3/c19-14-4-2-1-3-13(14)16-9-15(21-25-16)17(23)22-7-5-12(6-8-22)18(24)10-20-11-18/h1-4,9,12,20,24H,5-8,10-11H2. The van der Waals surface area contributed by atoms with Crippen LogP contribution in [0.15, 0.2) is 34.9 Å². The van der Waals surface area contributed by atoms with E-state index in [2.05, 4.69) is 10.5 Å². The predicted octanol–water partition coefficient (Wildman–Crippen LogP) is 2.18. The number of aromatic nitrogens is 1. The number of amides is 1. The summed E-state index contributed by atoms with van der Waals surface area (Å²) in [7, 11) is 0. The van der Waals surface area contributed by atoms with Gasteiger partial charge in [-0.3, -0.25) is 4.79 Å². The fourth-order valence-electron chi connectivity index (χ4n) is 3.62. The van der Waals surface area contributed by atoms with E-state index in [1.807, 2.05) is 18.2 Å². The molecule has 6 nitrogen and oxygen atoms in total. The van der Waals surface area contributed by atoms with Gasteiger partial charge in [0.25, 0.3) is 5.91 Å². The molecule has 132 valence electrons. The molecule has 0 radical (unpaired) electrons. The van der Waals surface area contributed by atoms with E-state index < -0.39 is 5.60 Å². The lowest BCUT2D eigenvalue weighted by atomic mass is 9.76. The topological polar surface area (TPSA) is 78.6 Å². The van der Waals surface area contributed by atoms with Crippen molar-refractivity contribution in [3.05, 3.63) is 41.0 Å². The summed E-state index contributed by atoms with van der Waals surface area (Å²) in [6.07, 6.45) is 1.61. The molecule has 2 aliphatic rings. The molecule has 2 saturated heterocycles. The monoisotopic (exact) mass is 361 g/mol. The van der Waals surface area contributed by atoms with Crippen molar-refractivity contribution in [1.82, 2.24) is 15.4 Å². The summed E-state index contributed by atoms with van der Waals surface area (Å²) >= 11 is 6.16. The van der Waals surface area contributed by atoms with Gasteiger partial charge in [0, 0.05) is 37.8 Å². The number of halogens is 1. The van der Waals surface area contributed by atoms with Crippen molar-refractivity contribution in [3.63, 3.8) is 0 Å².